The molecule has 1 saturated carbocycles. The van der Waals surface area contributed by atoms with Gasteiger partial charge in [0.25, 0.3) is 0 Å². The van der Waals surface area contributed by atoms with Crippen LogP contribution in [0.15, 0.2) is 18.2 Å². The molecule has 1 aromatic rings. The number of carbonyl (C=O) groups is 1. The highest BCUT2D eigenvalue weighted by Crippen LogP contribution is 2.42. The Morgan fingerprint density at radius 2 is 1.85 bits per heavy atom. The Hall–Kier alpha value is -1.49. The van der Waals surface area contributed by atoms with Gasteiger partial charge < -0.3 is 11.1 Å². The van der Waals surface area contributed by atoms with Crippen LogP contribution in [-0.4, -0.2) is 19.0 Å². The number of hydrogen-bond acceptors (Lipinski definition) is 2. The first-order valence-electron chi connectivity index (χ1n) is 7.00. The van der Waals surface area contributed by atoms with Crippen molar-refractivity contribution < 1.29 is 13.6 Å². The molecule has 0 heterocycles. The second-order valence-electron chi connectivity index (χ2n) is 5.40. The lowest BCUT2D eigenvalue weighted by molar-refractivity contribution is -0.121. The van der Waals surface area contributed by atoms with Crippen molar-refractivity contribution in [2.75, 3.05) is 13.1 Å². The van der Waals surface area contributed by atoms with Crippen molar-refractivity contribution in [1.82, 2.24) is 5.32 Å². The topological polar surface area (TPSA) is 55.1 Å². The van der Waals surface area contributed by atoms with Crippen LogP contribution in [-0.2, 0) is 10.2 Å². The average Bonchev–Trinajstić information content (AvgIpc) is 2.86. The van der Waals surface area contributed by atoms with E-state index in [9.17, 15) is 13.6 Å². The van der Waals surface area contributed by atoms with E-state index in [-0.39, 0.29) is 31.0 Å². The first kappa shape index (κ1) is 14.9. The molecule has 0 radical (unpaired) electrons. The molecule has 0 saturated heterocycles. The molecular formula is C15H20F2N2O. The van der Waals surface area contributed by atoms with Crippen molar-refractivity contribution in [3.05, 3.63) is 35.4 Å². The van der Waals surface area contributed by atoms with Crippen molar-refractivity contribution >= 4 is 5.91 Å². The zero-order valence-corrected chi connectivity index (χ0v) is 11.4. The van der Waals surface area contributed by atoms with Gasteiger partial charge in [-0.2, -0.15) is 0 Å². The van der Waals surface area contributed by atoms with E-state index in [1.54, 1.807) is 0 Å². The van der Waals surface area contributed by atoms with Crippen LogP contribution in [0.2, 0.25) is 0 Å². The summed E-state index contributed by atoms with van der Waals surface area (Å²) >= 11 is 0. The number of halogens is 2. The minimum Gasteiger partial charge on any atom is -0.355 e. The summed E-state index contributed by atoms with van der Waals surface area (Å²) in [6, 6.07) is 3.92. The van der Waals surface area contributed by atoms with Crippen LogP contribution >= 0.6 is 0 Å². The molecule has 0 aromatic heterocycles. The van der Waals surface area contributed by atoms with E-state index in [4.69, 9.17) is 5.73 Å². The van der Waals surface area contributed by atoms with Gasteiger partial charge in [-0.3, -0.25) is 4.79 Å². The molecule has 0 unspecified atom stereocenters. The van der Waals surface area contributed by atoms with E-state index < -0.39 is 17.0 Å². The number of carbonyl (C=O) groups excluding carboxylic acids is 1. The molecule has 0 aliphatic heterocycles. The Kier molecular flexibility index (Phi) is 4.70. The maximum atomic E-state index is 14.0. The number of rotatable bonds is 5. The van der Waals surface area contributed by atoms with Crippen molar-refractivity contribution in [3.63, 3.8) is 0 Å². The third kappa shape index (κ3) is 2.98. The highest BCUT2D eigenvalue weighted by atomic mass is 19.1. The summed E-state index contributed by atoms with van der Waals surface area (Å²) in [6.45, 7) is 0.538. The second kappa shape index (κ2) is 6.31. The van der Waals surface area contributed by atoms with Crippen molar-refractivity contribution in [2.45, 2.75) is 37.5 Å². The van der Waals surface area contributed by atoms with Gasteiger partial charge in [-0.05, 0) is 25.0 Å². The maximum Gasteiger partial charge on any atom is 0.221 e. The van der Waals surface area contributed by atoms with Gasteiger partial charge >= 0.3 is 0 Å². The predicted molar refractivity (Wildman–Crippen MR) is 73.2 cm³/mol. The average molecular weight is 282 g/mol. The van der Waals surface area contributed by atoms with Gasteiger partial charge in [0, 0.05) is 30.5 Å². The van der Waals surface area contributed by atoms with Crippen LogP contribution < -0.4 is 11.1 Å². The van der Waals surface area contributed by atoms with E-state index in [1.165, 1.54) is 18.2 Å². The van der Waals surface area contributed by atoms with Crippen molar-refractivity contribution in [2.24, 2.45) is 5.73 Å². The molecule has 0 atom stereocenters. The van der Waals surface area contributed by atoms with E-state index in [0.717, 1.165) is 12.8 Å². The Labute approximate surface area is 117 Å². The number of nitrogens with one attached hydrogen (secondary N) is 1. The molecule has 3 N–H and O–H groups in total. The molecule has 1 aromatic carbocycles. The van der Waals surface area contributed by atoms with Gasteiger partial charge in [0.2, 0.25) is 5.91 Å². The summed E-state index contributed by atoms with van der Waals surface area (Å²) in [5, 5.41) is 2.77. The Balaban J connectivity index is 2.24. The van der Waals surface area contributed by atoms with E-state index in [1.807, 2.05) is 0 Å². The summed E-state index contributed by atoms with van der Waals surface area (Å²) in [5.41, 5.74) is 4.82. The lowest BCUT2D eigenvalue weighted by Gasteiger charge is -2.30. The molecule has 20 heavy (non-hydrogen) atoms. The SMILES string of the molecule is NCCC(=O)NCC1(c2c(F)cccc2F)CCCC1. The molecule has 0 bridgehead atoms. The molecule has 0 spiro atoms. The normalized spacial score (nSPS) is 17.1. The molecule has 1 aliphatic carbocycles. The van der Waals surface area contributed by atoms with Crippen LogP contribution in [0.4, 0.5) is 8.78 Å². The fraction of sp³-hybridized carbons (Fsp3) is 0.533. The molecule has 1 amide bonds. The predicted octanol–water partition coefficient (Wildman–Crippen LogP) is 2.24. The Morgan fingerprint density at radius 3 is 2.40 bits per heavy atom. The summed E-state index contributed by atoms with van der Waals surface area (Å²) in [5.74, 6) is -1.23. The van der Waals surface area contributed by atoms with Gasteiger partial charge in [-0.15, -0.1) is 0 Å². The molecule has 5 heteroatoms. The first-order chi connectivity index (χ1) is 9.59. The third-order valence-corrected chi connectivity index (χ3v) is 4.05. The maximum absolute atomic E-state index is 14.0. The Morgan fingerprint density at radius 1 is 1.25 bits per heavy atom. The molecular weight excluding hydrogens is 262 g/mol. The lowest BCUT2D eigenvalue weighted by atomic mass is 9.78. The van der Waals surface area contributed by atoms with E-state index in [0.29, 0.717) is 12.8 Å². The quantitative estimate of drug-likeness (QED) is 0.870. The molecule has 3 nitrogen and oxygen atoms in total. The minimum atomic E-state index is -0.625. The van der Waals surface area contributed by atoms with E-state index >= 15 is 0 Å². The van der Waals surface area contributed by atoms with Gasteiger partial charge in [0.05, 0.1) is 0 Å². The van der Waals surface area contributed by atoms with Gasteiger partial charge in [-0.1, -0.05) is 18.9 Å². The van der Waals surface area contributed by atoms with E-state index in [2.05, 4.69) is 5.32 Å². The second-order valence-corrected chi connectivity index (χ2v) is 5.40. The lowest BCUT2D eigenvalue weighted by Crippen LogP contribution is -2.40. The standard InChI is InChI=1S/C15H20F2N2O/c16-11-4-3-5-12(17)14(11)15(7-1-2-8-15)10-19-13(20)6-9-18/h3-5H,1-2,6-10,18H2,(H,19,20). The van der Waals surface area contributed by atoms with Crippen LogP contribution in [0.1, 0.15) is 37.7 Å². The van der Waals surface area contributed by atoms with Gasteiger partial charge in [0.15, 0.2) is 0 Å². The number of amides is 1. The number of benzene rings is 1. The van der Waals surface area contributed by atoms with Crippen LogP contribution in [0, 0.1) is 11.6 Å². The summed E-state index contributed by atoms with van der Waals surface area (Å²) < 4.78 is 28.1. The molecule has 2 rings (SSSR count). The zero-order chi connectivity index (χ0) is 14.6. The van der Waals surface area contributed by atoms with Crippen LogP contribution in [0.3, 0.4) is 0 Å². The number of nitrogens with two attached hydrogens (primary N) is 1. The van der Waals surface area contributed by atoms with Crippen molar-refractivity contribution in [1.29, 1.82) is 0 Å². The molecule has 1 aliphatic rings. The largest absolute Gasteiger partial charge is 0.355 e. The smallest absolute Gasteiger partial charge is 0.221 e. The highest BCUT2D eigenvalue weighted by Gasteiger charge is 2.39. The molecule has 1 fully saturated rings. The summed E-state index contributed by atoms with van der Waals surface area (Å²) in [7, 11) is 0. The first-order valence-corrected chi connectivity index (χ1v) is 7.00. The van der Waals surface area contributed by atoms with Gasteiger partial charge in [0.1, 0.15) is 11.6 Å². The van der Waals surface area contributed by atoms with Crippen LogP contribution in [0.5, 0.6) is 0 Å². The number of hydrogen-bond donors (Lipinski definition) is 2. The molecule has 110 valence electrons. The Bertz CT molecular complexity index is 465. The zero-order valence-electron chi connectivity index (χ0n) is 11.4. The highest BCUT2D eigenvalue weighted by molar-refractivity contribution is 5.76. The fourth-order valence-electron chi connectivity index (χ4n) is 3.06. The summed E-state index contributed by atoms with van der Waals surface area (Å²) in [4.78, 5) is 11.6. The minimum absolute atomic E-state index is 0.116. The fourth-order valence-corrected chi connectivity index (χ4v) is 3.06. The monoisotopic (exact) mass is 282 g/mol. The van der Waals surface area contributed by atoms with Crippen molar-refractivity contribution in [3.8, 4) is 0 Å². The van der Waals surface area contributed by atoms with Gasteiger partial charge in [-0.25, -0.2) is 8.78 Å². The third-order valence-electron chi connectivity index (χ3n) is 4.05. The summed E-state index contributed by atoms with van der Waals surface area (Å²) in [6.07, 6.45) is 3.44. The van der Waals surface area contributed by atoms with Crippen LogP contribution in [0.25, 0.3) is 0 Å².